The Balaban J connectivity index is 1.88. The summed E-state index contributed by atoms with van der Waals surface area (Å²) >= 11 is 3.10. The second kappa shape index (κ2) is 12.8. The van der Waals surface area contributed by atoms with Gasteiger partial charge in [0, 0.05) is 25.7 Å². The molecule has 0 aliphatic carbocycles. The molecule has 0 radical (unpaired) electrons. The fourth-order valence-electron chi connectivity index (χ4n) is 3.23. The van der Waals surface area contributed by atoms with Crippen LogP contribution in [0.1, 0.15) is 27.9 Å². The zero-order valence-corrected chi connectivity index (χ0v) is 22.4. The normalized spacial score (nSPS) is 12.0. The van der Waals surface area contributed by atoms with E-state index in [1.54, 1.807) is 0 Å². The van der Waals surface area contributed by atoms with Gasteiger partial charge in [-0.2, -0.15) is 13.2 Å². The highest BCUT2D eigenvalue weighted by Gasteiger charge is 2.31. The molecule has 3 aromatic rings. The minimum Gasteiger partial charge on any atom is -0.474 e. The third-order valence-corrected chi connectivity index (χ3v) is 5.88. The first kappa shape index (κ1) is 31.1. The van der Waals surface area contributed by atoms with Crippen LogP contribution in [0.5, 0.6) is 5.75 Å². The molecule has 41 heavy (non-hydrogen) atoms. The van der Waals surface area contributed by atoms with Crippen LogP contribution in [0.25, 0.3) is 11.3 Å². The molecule has 0 aliphatic rings. The molecule has 220 valence electrons. The zero-order valence-electron chi connectivity index (χ0n) is 20.8. The number of aromatic nitrogens is 1. The predicted octanol–water partition coefficient (Wildman–Crippen LogP) is 4.96. The second-order valence-corrected chi connectivity index (χ2v) is 8.90. The van der Waals surface area contributed by atoms with Gasteiger partial charge in [-0.3, -0.25) is 4.79 Å². The Labute approximate surface area is 236 Å². The number of hydrogen-bond donors (Lipinski definition) is 3. The first-order valence-corrected chi connectivity index (χ1v) is 12.1. The van der Waals surface area contributed by atoms with E-state index in [4.69, 9.17) is 24.7 Å². The molecule has 1 heterocycles. The molecule has 0 saturated carbocycles. The molecule has 17 heteroatoms. The van der Waals surface area contributed by atoms with Crippen molar-refractivity contribution in [3.05, 3.63) is 69.7 Å². The summed E-state index contributed by atoms with van der Waals surface area (Å²) in [5, 5.41) is 11.1. The van der Waals surface area contributed by atoms with Gasteiger partial charge in [0.05, 0.1) is 5.56 Å². The molecule has 4 N–H and O–H groups in total. The number of nitrogens with zero attached hydrogens (tertiary/aromatic N) is 2. The Morgan fingerprint density at radius 1 is 1.17 bits per heavy atom. The summed E-state index contributed by atoms with van der Waals surface area (Å²) < 4.78 is 83.6. The Morgan fingerprint density at radius 2 is 1.83 bits per heavy atom. The molecule has 0 spiro atoms. The molecule has 1 unspecified atom stereocenters. The molecule has 0 aliphatic heterocycles. The number of nitrogens with two attached hydrogens (primary N) is 1. The van der Waals surface area contributed by atoms with Crippen LogP contribution in [0.15, 0.2) is 45.5 Å². The van der Waals surface area contributed by atoms with Gasteiger partial charge in [0.1, 0.15) is 23.7 Å². The Hall–Kier alpha value is -4.41. The van der Waals surface area contributed by atoms with Gasteiger partial charge in [-0.1, -0.05) is 12.1 Å². The number of alkyl carbamates (subject to hydrolysis) is 1. The lowest BCUT2D eigenvalue weighted by atomic mass is 10.1. The van der Waals surface area contributed by atoms with Crippen LogP contribution in [-0.2, 0) is 10.9 Å². The molecule has 1 aromatic heterocycles. The standard InChI is InChI=1S/C24H20BrF5N4O7/c1-34(23(37)38)9-8-32-22(36)39-10-15(40-14-7-6-13(26)16(17(14)27)20(31)35)21-33-18(19(25)41-21)11-2-4-12(5-3-11)24(28,29)30/h2-7,15H,8-10H2,1H3,(H2,31,35)(H,32,36)(H,37,38). The minimum absolute atomic E-state index is 0.0147. The van der Waals surface area contributed by atoms with Gasteiger partial charge < -0.3 is 34.9 Å². The van der Waals surface area contributed by atoms with E-state index in [0.717, 1.165) is 35.2 Å². The number of rotatable bonds is 10. The van der Waals surface area contributed by atoms with Crippen LogP contribution < -0.4 is 15.8 Å². The summed E-state index contributed by atoms with van der Waals surface area (Å²) in [4.78, 5) is 39.6. The lowest BCUT2D eigenvalue weighted by molar-refractivity contribution is -0.137. The summed E-state index contributed by atoms with van der Waals surface area (Å²) in [6.45, 7) is -0.919. The van der Waals surface area contributed by atoms with Crippen LogP contribution in [-0.4, -0.2) is 59.8 Å². The SMILES string of the molecule is CN(CCNC(=O)OCC(Oc1ccc(F)c(C(N)=O)c1F)c1nc(-c2ccc(C(F)(F)F)cc2)c(Br)o1)C(=O)O. The van der Waals surface area contributed by atoms with Gasteiger partial charge in [-0.05, 0) is 40.2 Å². The molecule has 1 atom stereocenters. The number of primary amides is 1. The van der Waals surface area contributed by atoms with Gasteiger partial charge in [0.2, 0.25) is 12.0 Å². The molecule has 3 amide bonds. The predicted molar refractivity (Wildman–Crippen MR) is 133 cm³/mol. The second-order valence-electron chi connectivity index (χ2n) is 8.18. The van der Waals surface area contributed by atoms with E-state index >= 15 is 0 Å². The molecule has 2 aromatic carbocycles. The molecule has 0 saturated heterocycles. The van der Waals surface area contributed by atoms with Crippen molar-refractivity contribution < 1.29 is 55.3 Å². The van der Waals surface area contributed by atoms with Crippen molar-refractivity contribution in [3.8, 4) is 17.0 Å². The fraction of sp³-hybridized carbons (Fsp3) is 0.250. The van der Waals surface area contributed by atoms with Gasteiger partial charge in [0.25, 0.3) is 5.91 Å². The summed E-state index contributed by atoms with van der Waals surface area (Å²) in [7, 11) is 1.27. The number of likely N-dealkylation sites (N-methyl/N-ethyl adjacent to an activating group) is 1. The molecule has 0 bridgehead atoms. The van der Waals surface area contributed by atoms with E-state index < -0.39 is 65.5 Å². The Morgan fingerprint density at radius 3 is 2.41 bits per heavy atom. The van der Waals surface area contributed by atoms with Crippen molar-refractivity contribution in [2.45, 2.75) is 12.3 Å². The van der Waals surface area contributed by atoms with Crippen molar-refractivity contribution >= 4 is 34.0 Å². The lowest BCUT2D eigenvalue weighted by Gasteiger charge is -2.18. The summed E-state index contributed by atoms with van der Waals surface area (Å²) in [5.41, 5.74) is 3.23. The van der Waals surface area contributed by atoms with Crippen LogP contribution in [0.3, 0.4) is 0 Å². The molecular weight excluding hydrogens is 631 g/mol. The summed E-state index contributed by atoms with van der Waals surface area (Å²) in [5.74, 6) is -5.19. The summed E-state index contributed by atoms with van der Waals surface area (Å²) in [6.07, 6.45) is -8.39. The van der Waals surface area contributed by atoms with Crippen LogP contribution in [0, 0.1) is 11.6 Å². The van der Waals surface area contributed by atoms with Gasteiger partial charge in [-0.15, -0.1) is 0 Å². The maximum atomic E-state index is 14.9. The highest BCUT2D eigenvalue weighted by molar-refractivity contribution is 9.10. The van der Waals surface area contributed by atoms with Gasteiger partial charge in [0.15, 0.2) is 16.2 Å². The molecule has 3 rings (SSSR count). The summed E-state index contributed by atoms with van der Waals surface area (Å²) in [6, 6.07) is 5.43. The first-order valence-electron chi connectivity index (χ1n) is 11.3. The van der Waals surface area contributed by atoms with Crippen molar-refractivity contribution in [2.24, 2.45) is 5.73 Å². The van der Waals surface area contributed by atoms with Crippen LogP contribution in [0.2, 0.25) is 0 Å². The topological polar surface area (TPSA) is 157 Å². The number of nitrogens with one attached hydrogen (secondary N) is 1. The van der Waals surface area contributed by atoms with E-state index in [1.807, 2.05) is 0 Å². The largest absolute Gasteiger partial charge is 0.474 e. The average Bonchev–Trinajstić information content (AvgIpc) is 3.28. The highest BCUT2D eigenvalue weighted by atomic mass is 79.9. The number of amides is 3. The van der Waals surface area contributed by atoms with Gasteiger partial charge in [-0.25, -0.2) is 23.4 Å². The number of benzene rings is 2. The molecular formula is C24H20BrF5N4O7. The van der Waals surface area contributed by atoms with Crippen molar-refractivity contribution in [2.75, 3.05) is 26.7 Å². The van der Waals surface area contributed by atoms with Crippen molar-refractivity contribution in [1.82, 2.24) is 15.2 Å². The van der Waals surface area contributed by atoms with E-state index in [1.165, 1.54) is 7.05 Å². The fourth-order valence-corrected chi connectivity index (χ4v) is 3.72. The number of ether oxygens (including phenoxy) is 2. The number of halogens is 6. The Bertz CT molecular complexity index is 1430. The van der Waals surface area contributed by atoms with Crippen molar-refractivity contribution in [3.63, 3.8) is 0 Å². The van der Waals surface area contributed by atoms with E-state index in [-0.39, 0.29) is 34.9 Å². The third kappa shape index (κ3) is 7.84. The monoisotopic (exact) mass is 650 g/mol. The van der Waals surface area contributed by atoms with E-state index in [2.05, 4.69) is 26.2 Å². The zero-order chi connectivity index (χ0) is 30.5. The lowest BCUT2D eigenvalue weighted by Crippen LogP contribution is -2.36. The Kier molecular flexibility index (Phi) is 9.75. The number of oxazole rings is 1. The number of carboxylic acid groups (broad SMARTS) is 1. The minimum atomic E-state index is -4.58. The first-order chi connectivity index (χ1) is 19.2. The number of hydrogen-bond acceptors (Lipinski definition) is 7. The number of carbonyl (C=O) groups excluding carboxylic acids is 2. The maximum absolute atomic E-state index is 14.9. The third-order valence-electron chi connectivity index (χ3n) is 5.34. The highest BCUT2D eigenvalue weighted by Crippen LogP contribution is 2.36. The number of carbonyl (C=O) groups is 3. The smallest absolute Gasteiger partial charge is 0.416 e. The maximum Gasteiger partial charge on any atom is 0.416 e. The quantitative estimate of drug-likeness (QED) is 0.260. The van der Waals surface area contributed by atoms with Crippen LogP contribution in [0.4, 0.5) is 31.5 Å². The van der Waals surface area contributed by atoms with E-state index in [0.29, 0.717) is 6.07 Å². The average molecular weight is 651 g/mol. The molecule has 11 nitrogen and oxygen atoms in total. The van der Waals surface area contributed by atoms with Crippen LogP contribution >= 0.6 is 15.9 Å². The van der Waals surface area contributed by atoms with Gasteiger partial charge >= 0.3 is 18.4 Å². The number of alkyl halides is 3. The van der Waals surface area contributed by atoms with Crippen molar-refractivity contribution in [1.29, 1.82) is 0 Å². The van der Waals surface area contributed by atoms with E-state index in [9.17, 15) is 36.3 Å². The molecule has 0 fully saturated rings.